The summed E-state index contributed by atoms with van der Waals surface area (Å²) in [4.78, 5) is 10.5. The van der Waals surface area contributed by atoms with Crippen molar-refractivity contribution in [1.82, 2.24) is 0 Å². The van der Waals surface area contributed by atoms with Gasteiger partial charge in [0, 0.05) is 0 Å². The van der Waals surface area contributed by atoms with Crippen LogP contribution in [0.15, 0.2) is 0 Å². The molecule has 0 spiro atoms. The van der Waals surface area contributed by atoms with Gasteiger partial charge in [-0.3, -0.25) is 0 Å². The first kappa shape index (κ1) is 9.04. The average molecular weight is 145 g/mol. The number of carbonyl (C=O) groups excluding carboxylic acids is 1. The van der Waals surface area contributed by atoms with E-state index in [4.69, 9.17) is 5.73 Å². The summed E-state index contributed by atoms with van der Waals surface area (Å²) in [7, 11) is 1.53. The van der Waals surface area contributed by atoms with Gasteiger partial charge < -0.3 is 10.5 Å². The van der Waals surface area contributed by atoms with Crippen LogP contribution in [0.3, 0.4) is 0 Å². The van der Waals surface area contributed by atoms with Crippen LogP contribution in [0.2, 0.25) is 0 Å². The molecule has 0 saturated carbocycles. The molecule has 4 heteroatoms. The van der Waals surface area contributed by atoms with E-state index in [2.05, 4.69) is 0 Å². The second-order valence-corrected chi connectivity index (χ2v) is 2.98. The molecule has 0 rings (SSSR count). The molecule has 2 N–H and O–H groups in total. The Morgan fingerprint density at radius 3 is 2.78 bits per heavy atom. The van der Waals surface area contributed by atoms with Crippen LogP contribution in [0.5, 0.6) is 0 Å². The molecule has 2 nitrogen and oxygen atoms in total. The lowest BCUT2D eigenvalue weighted by Crippen LogP contribution is -2.30. The van der Waals surface area contributed by atoms with E-state index in [1.165, 1.54) is 7.85 Å². The van der Waals surface area contributed by atoms with Crippen LogP contribution in [0.1, 0.15) is 6.42 Å². The quantitative estimate of drug-likeness (QED) is 0.528. The first-order chi connectivity index (χ1) is 4.18. The second kappa shape index (κ2) is 4.88. The number of hydrogen-bond donors (Lipinski definition) is 1. The number of rotatable bonds is 4. The van der Waals surface area contributed by atoms with Gasteiger partial charge in [-0.05, 0) is 18.4 Å². The Hall–Kier alpha value is 0.0449. The van der Waals surface area contributed by atoms with E-state index in [1.807, 2.05) is 6.26 Å². The number of hydrogen-bond acceptors (Lipinski definition) is 3. The standard InChI is InChI=1S/C5H12BNOS/c1-9-3-2-4(7)5(6)8/h4H,2-3,6-7H2,1H3/t4-/m0/s1. The summed E-state index contributed by atoms with van der Waals surface area (Å²) in [6.07, 6.45) is 2.81. The Balaban J connectivity index is 3.27. The molecule has 0 aromatic rings. The highest BCUT2D eigenvalue weighted by molar-refractivity contribution is 7.98. The molecular weight excluding hydrogens is 133 g/mol. The largest absolute Gasteiger partial charge is 0.322 e. The lowest BCUT2D eigenvalue weighted by Gasteiger charge is -2.04. The topological polar surface area (TPSA) is 43.1 Å². The molecule has 0 amide bonds. The van der Waals surface area contributed by atoms with Crippen molar-refractivity contribution in [2.45, 2.75) is 12.5 Å². The van der Waals surface area contributed by atoms with E-state index < -0.39 is 0 Å². The molecule has 0 aliphatic rings. The van der Waals surface area contributed by atoms with Crippen molar-refractivity contribution in [3.8, 4) is 0 Å². The van der Waals surface area contributed by atoms with E-state index in [1.54, 1.807) is 11.8 Å². The fourth-order valence-corrected chi connectivity index (χ4v) is 0.938. The second-order valence-electron chi connectivity index (χ2n) is 2.00. The molecular formula is C5H12BNOS. The highest BCUT2D eigenvalue weighted by Gasteiger charge is 2.05. The maximum atomic E-state index is 10.5. The number of nitrogens with two attached hydrogens (primary N) is 1. The lowest BCUT2D eigenvalue weighted by atomic mass is 9.94. The normalized spacial score (nSPS) is 13.1. The zero-order chi connectivity index (χ0) is 7.28. The molecule has 0 bridgehead atoms. The summed E-state index contributed by atoms with van der Waals surface area (Å²) in [5.41, 5.74) is 5.53. The van der Waals surface area contributed by atoms with Crippen LogP contribution in [0, 0.1) is 0 Å². The fraction of sp³-hybridized carbons (Fsp3) is 0.800. The maximum Gasteiger partial charge on any atom is 0.189 e. The first-order valence-corrected chi connectivity index (χ1v) is 4.33. The van der Waals surface area contributed by atoms with Gasteiger partial charge in [0.25, 0.3) is 0 Å². The molecule has 0 heterocycles. The summed E-state index contributed by atoms with van der Waals surface area (Å²) in [5, 5.41) is 0. The van der Waals surface area contributed by atoms with Gasteiger partial charge in [0.15, 0.2) is 7.85 Å². The molecule has 0 unspecified atom stereocenters. The Kier molecular flexibility index (Phi) is 4.90. The van der Waals surface area contributed by atoms with Crippen LogP contribution < -0.4 is 5.73 Å². The van der Waals surface area contributed by atoms with Crippen LogP contribution in [0.4, 0.5) is 0 Å². The number of thioether (sulfide) groups is 1. The van der Waals surface area contributed by atoms with Crippen molar-refractivity contribution in [3.05, 3.63) is 0 Å². The molecule has 0 radical (unpaired) electrons. The summed E-state index contributed by atoms with van der Waals surface area (Å²) in [6, 6.07) is -0.238. The lowest BCUT2D eigenvalue weighted by molar-refractivity contribution is -0.112. The van der Waals surface area contributed by atoms with E-state index in [0.717, 1.165) is 12.2 Å². The summed E-state index contributed by atoms with van der Waals surface area (Å²) in [5.74, 6) is 0.973. The number of carbonyl (C=O) groups is 1. The highest BCUT2D eigenvalue weighted by Crippen LogP contribution is 1.97. The Labute approximate surface area is 61.0 Å². The third-order valence-electron chi connectivity index (χ3n) is 1.16. The van der Waals surface area contributed by atoms with Crippen molar-refractivity contribution < 1.29 is 4.79 Å². The van der Waals surface area contributed by atoms with Crippen molar-refractivity contribution in [2.24, 2.45) is 5.73 Å². The zero-order valence-corrected chi connectivity index (χ0v) is 6.70. The Morgan fingerprint density at radius 2 is 2.44 bits per heavy atom. The third-order valence-corrected chi connectivity index (χ3v) is 1.80. The van der Waals surface area contributed by atoms with Gasteiger partial charge in [-0.1, -0.05) is 0 Å². The summed E-state index contributed by atoms with van der Waals surface area (Å²) >= 11 is 1.72. The molecule has 9 heavy (non-hydrogen) atoms. The summed E-state index contributed by atoms with van der Waals surface area (Å²) < 4.78 is 0. The molecule has 1 atom stereocenters. The predicted molar refractivity (Wildman–Crippen MR) is 44.5 cm³/mol. The molecule has 0 aromatic carbocycles. The minimum atomic E-state index is -0.238. The van der Waals surface area contributed by atoms with Gasteiger partial charge in [0.1, 0.15) is 0 Å². The highest BCUT2D eigenvalue weighted by atomic mass is 32.2. The van der Waals surface area contributed by atoms with Crippen molar-refractivity contribution >= 4 is 25.3 Å². The van der Waals surface area contributed by atoms with Gasteiger partial charge in [0.05, 0.1) is 11.7 Å². The maximum absolute atomic E-state index is 10.5. The van der Waals surface area contributed by atoms with E-state index in [0.29, 0.717) is 0 Å². The third kappa shape index (κ3) is 4.54. The minimum Gasteiger partial charge on any atom is -0.322 e. The predicted octanol–water partition coefficient (Wildman–Crippen LogP) is -0.774. The molecule has 0 aliphatic heterocycles. The van der Waals surface area contributed by atoms with Crippen LogP contribution in [-0.2, 0) is 4.79 Å². The van der Waals surface area contributed by atoms with E-state index in [9.17, 15) is 4.79 Å². The average Bonchev–Trinajstić information content (AvgIpc) is 1.82. The monoisotopic (exact) mass is 145 g/mol. The zero-order valence-electron chi connectivity index (χ0n) is 5.89. The molecule has 0 saturated heterocycles. The molecule has 0 aromatic heterocycles. The van der Waals surface area contributed by atoms with Gasteiger partial charge in [-0.15, -0.1) is 0 Å². The fourth-order valence-electron chi connectivity index (χ4n) is 0.448. The van der Waals surface area contributed by atoms with Gasteiger partial charge in [0.2, 0.25) is 0 Å². The Morgan fingerprint density at radius 1 is 1.89 bits per heavy atom. The van der Waals surface area contributed by atoms with Gasteiger partial charge in [-0.25, -0.2) is 0 Å². The van der Waals surface area contributed by atoms with Crippen molar-refractivity contribution in [2.75, 3.05) is 12.0 Å². The van der Waals surface area contributed by atoms with Gasteiger partial charge in [-0.2, -0.15) is 11.8 Å². The molecule has 52 valence electrons. The van der Waals surface area contributed by atoms with Crippen molar-refractivity contribution in [3.63, 3.8) is 0 Å². The Bertz CT molecular complexity index is 99.0. The smallest absolute Gasteiger partial charge is 0.189 e. The van der Waals surface area contributed by atoms with Crippen molar-refractivity contribution in [1.29, 1.82) is 0 Å². The SMILES string of the molecule is BC(=O)[C@@H](N)CCSC. The van der Waals surface area contributed by atoms with E-state index in [-0.39, 0.29) is 11.7 Å². The molecule has 0 fully saturated rings. The van der Waals surface area contributed by atoms with Crippen LogP contribution in [0.25, 0.3) is 0 Å². The van der Waals surface area contributed by atoms with Crippen LogP contribution in [-0.4, -0.2) is 31.6 Å². The first-order valence-electron chi connectivity index (χ1n) is 2.93. The van der Waals surface area contributed by atoms with E-state index >= 15 is 0 Å². The molecule has 0 aliphatic carbocycles. The summed E-state index contributed by atoms with van der Waals surface area (Å²) in [6.45, 7) is 0. The van der Waals surface area contributed by atoms with Gasteiger partial charge >= 0.3 is 0 Å². The minimum absolute atomic E-state index is 0.0871. The van der Waals surface area contributed by atoms with Crippen LogP contribution >= 0.6 is 11.8 Å².